The lowest BCUT2D eigenvalue weighted by Crippen LogP contribution is -2.41. The fraction of sp³-hybridized carbons (Fsp3) is 0.478. The van der Waals surface area contributed by atoms with Crippen LogP contribution >= 0.6 is 11.3 Å². The lowest BCUT2D eigenvalue weighted by Gasteiger charge is -2.27. The molecule has 2 aliphatic rings. The monoisotopic (exact) mass is 428 g/mol. The van der Waals surface area contributed by atoms with Crippen LogP contribution < -0.4 is 5.32 Å². The number of rotatable bonds is 6. The molecule has 1 N–H and O–H groups in total. The Balaban J connectivity index is 1.58. The Morgan fingerprint density at radius 3 is 2.57 bits per heavy atom. The van der Waals surface area contributed by atoms with Gasteiger partial charge in [0, 0.05) is 18.0 Å². The summed E-state index contributed by atoms with van der Waals surface area (Å²) in [6, 6.07) is 9.97. The van der Waals surface area contributed by atoms with Gasteiger partial charge in [0.25, 0.3) is 11.8 Å². The van der Waals surface area contributed by atoms with Crippen molar-refractivity contribution in [2.45, 2.75) is 38.7 Å². The number of ether oxygens (including phenoxy) is 2. The summed E-state index contributed by atoms with van der Waals surface area (Å²) in [6.07, 6.45) is 4.54. The topological polar surface area (TPSA) is 67.9 Å². The third kappa shape index (κ3) is 4.74. The van der Waals surface area contributed by atoms with Gasteiger partial charge in [0.15, 0.2) is 0 Å². The zero-order valence-electron chi connectivity index (χ0n) is 17.3. The van der Waals surface area contributed by atoms with E-state index in [1.807, 2.05) is 37.3 Å². The van der Waals surface area contributed by atoms with Crippen molar-refractivity contribution in [2.24, 2.45) is 0 Å². The van der Waals surface area contributed by atoms with Gasteiger partial charge in [0.1, 0.15) is 11.6 Å². The smallest absolute Gasteiger partial charge is 0.257 e. The van der Waals surface area contributed by atoms with Gasteiger partial charge in [0.05, 0.1) is 24.9 Å². The Bertz CT molecular complexity index is 884. The summed E-state index contributed by atoms with van der Waals surface area (Å²) in [5.41, 5.74) is 2.52. The summed E-state index contributed by atoms with van der Waals surface area (Å²) in [5.74, 6) is -0.264. The minimum absolute atomic E-state index is 0.0213. The van der Waals surface area contributed by atoms with E-state index < -0.39 is 0 Å². The largest absolute Gasteiger partial charge is 0.378 e. The number of morpholine rings is 1. The standard InChI is InChI=1S/C23H28N2O4S/c1-16-20(23(27)25-11-13-28-14-12-25)22(30-21(16)17-7-3-2-4-8-17)24-19(26)15-29-18-9-5-6-10-18/h2-4,7-8,18H,5-6,9-15H2,1H3,(H,24,26). The molecular formula is C23H28N2O4S. The van der Waals surface area contributed by atoms with E-state index in [0.717, 1.165) is 41.7 Å². The molecule has 1 aromatic carbocycles. The van der Waals surface area contributed by atoms with Crippen LogP contribution in [0.5, 0.6) is 0 Å². The highest BCUT2D eigenvalue weighted by atomic mass is 32.1. The van der Waals surface area contributed by atoms with Gasteiger partial charge in [-0.1, -0.05) is 43.2 Å². The third-order valence-corrected chi connectivity index (χ3v) is 6.96. The first-order valence-electron chi connectivity index (χ1n) is 10.6. The van der Waals surface area contributed by atoms with Crippen molar-refractivity contribution in [2.75, 3.05) is 38.2 Å². The van der Waals surface area contributed by atoms with E-state index in [2.05, 4.69) is 5.32 Å². The Labute approximate surface area is 181 Å². The molecule has 6 nitrogen and oxygen atoms in total. The summed E-state index contributed by atoms with van der Waals surface area (Å²) in [7, 11) is 0. The van der Waals surface area contributed by atoms with Crippen LogP contribution in [0, 0.1) is 6.92 Å². The lowest BCUT2D eigenvalue weighted by molar-refractivity contribution is -0.122. The van der Waals surface area contributed by atoms with Gasteiger partial charge >= 0.3 is 0 Å². The van der Waals surface area contributed by atoms with E-state index in [1.54, 1.807) is 4.90 Å². The normalized spacial score (nSPS) is 17.3. The Morgan fingerprint density at radius 1 is 1.17 bits per heavy atom. The molecule has 2 fully saturated rings. The Hall–Kier alpha value is -2.22. The van der Waals surface area contributed by atoms with Gasteiger partial charge in [-0.15, -0.1) is 11.3 Å². The Morgan fingerprint density at radius 2 is 1.87 bits per heavy atom. The molecule has 1 aliphatic heterocycles. The van der Waals surface area contributed by atoms with Crippen LogP contribution in [-0.4, -0.2) is 55.7 Å². The van der Waals surface area contributed by atoms with Crippen molar-refractivity contribution in [3.05, 3.63) is 41.5 Å². The first-order valence-corrected chi connectivity index (χ1v) is 11.4. The molecule has 4 rings (SSSR count). The van der Waals surface area contributed by atoms with E-state index in [1.165, 1.54) is 11.3 Å². The summed E-state index contributed by atoms with van der Waals surface area (Å²) in [4.78, 5) is 28.7. The van der Waals surface area contributed by atoms with Crippen molar-refractivity contribution in [3.8, 4) is 10.4 Å². The molecule has 1 aliphatic carbocycles. The SMILES string of the molecule is Cc1c(-c2ccccc2)sc(NC(=O)COC2CCCC2)c1C(=O)N1CCOCC1. The molecule has 2 aromatic rings. The number of thiophene rings is 1. The van der Waals surface area contributed by atoms with E-state index in [0.29, 0.717) is 36.9 Å². The highest BCUT2D eigenvalue weighted by Crippen LogP contribution is 2.40. The van der Waals surface area contributed by atoms with Crippen LogP contribution in [-0.2, 0) is 14.3 Å². The van der Waals surface area contributed by atoms with Gasteiger partial charge in [-0.25, -0.2) is 0 Å². The molecule has 1 saturated heterocycles. The van der Waals surface area contributed by atoms with Gasteiger partial charge in [-0.2, -0.15) is 0 Å². The first-order chi connectivity index (χ1) is 14.6. The van der Waals surface area contributed by atoms with E-state index in [4.69, 9.17) is 9.47 Å². The minimum Gasteiger partial charge on any atom is -0.378 e. The number of nitrogens with zero attached hydrogens (tertiary/aromatic N) is 1. The number of carbonyl (C=O) groups is 2. The van der Waals surface area contributed by atoms with Crippen molar-refractivity contribution < 1.29 is 19.1 Å². The Kier molecular flexibility index (Phi) is 6.82. The molecular weight excluding hydrogens is 400 g/mol. The highest BCUT2D eigenvalue weighted by Gasteiger charge is 2.28. The third-order valence-electron chi connectivity index (χ3n) is 5.70. The second-order valence-corrected chi connectivity index (χ2v) is 8.82. The van der Waals surface area contributed by atoms with Gasteiger partial charge in [-0.05, 0) is 30.9 Å². The minimum atomic E-state index is -0.209. The van der Waals surface area contributed by atoms with Crippen LogP contribution in [0.1, 0.15) is 41.6 Å². The number of benzene rings is 1. The predicted octanol–water partition coefficient (Wildman–Crippen LogP) is 4.09. The molecule has 2 heterocycles. The summed E-state index contributed by atoms with van der Waals surface area (Å²) in [5, 5.41) is 3.56. The van der Waals surface area contributed by atoms with E-state index in [-0.39, 0.29) is 24.5 Å². The molecule has 1 saturated carbocycles. The van der Waals surface area contributed by atoms with Gasteiger partial charge in [-0.3, -0.25) is 9.59 Å². The highest BCUT2D eigenvalue weighted by molar-refractivity contribution is 7.20. The van der Waals surface area contributed by atoms with Crippen molar-refractivity contribution in [1.29, 1.82) is 0 Å². The summed E-state index contributed by atoms with van der Waals surface area (Å²) in [6.45, 7) is 4.18. The summed E-state index contributed by atoms with van der Waals surface area (Å²) >= 11 is 1.45. The molecule has 7 heteroatoms. The molecule has 0 unspecified atom stereocenters. The number of hydrogen-bond acceptors (Lipinski definition) is 5. The van der Waals surface area contributed by atoms with Gasteiger partial charge < -0.3 is 19.7 Å². The van der Waals surface area contributed by atoms with Crippen LogP contribution in [0.3, 0.4) is 0 Å². The van der Waals surface area contributed by atoms with Crippen LogP contribution in [0.2, 0.25) is 0 Å². The molecule has 0 atom stereocenters. The quantitative estimate of drug-likeness (QED) is 0.752. The van der Waals surface area contributed by atoms with Crippen LogP contribution in [0.4, 0.5) is 5.00 Å². The van der Waals surface area contributed by atoms with E-state index in [9.17, 15) is 9.59 Å². The second-order valence-electron chi connectivity index (χ2n) is 7.80. The molecule has 0 spiro atoms. The first kappa shape index (κ1) is 21.0. The fourth-order valence-electron chi connectivity index (χ4n) is 4.06. The van der Waals surface area contributed by atoms with Crippen molar-refractivity contribution in [3.63, 3.8) is 0 Å². The number of hydrogen-bond donors (Lipinski definition) is 1. The predicted molar refractivity (Wildman–Crippen MR) is 118 cm³/mol. The number of anilines is 1. The molecule has 1 aromatic heterocycles. The van der Waals surface area contributed by atoms with Crippen molar-refractivity contribution in [1.82, 2.24) is 4.90 Å². The summed E-state index contributed by atoms with van der Waals surface area (Å²) < 4.78 is 11.1. The van der Waals surface area contributed by atoms with Crippen LogP contribution in [0.15, 0.2) is 30.3 Å². The maximum atomic E-state index is 13.3. The molecule has 30 heavy (non-hydrogen) atoms. The number of nitrogens with one attached hydrogen (secondary N) is 1. The van der Waals surface area contributed by atoms with E-state index >= 15 is 0 Å². The molecule has 0 radical (unpaired) electrons. The number of amides is 2. The second kappa shape index (κ2) is 9.73. The average molecular weight is 429 g/mol. The lowest BCUT2D eigenvalue weighted by atomic mass is 10.1. The average Bonchev–Trinajstić information content (AvgIpc) is 3.41. The number of carbonyl (C=O) groups excluding carboxylic acids is 2. The molecule has 0 bridgehead atoms. The molecule has 2 amide bonds. The zero-order chi connectivity index (χ0) is 20.9. The molecule has 160 valence electrons. The van der Waals surface area contributed by atoms with Crippen molar-refractivity contribution >= 4 is 28.2 Å². The van der Waals surface area contributed by atoms with Crippen LogP contribution in [0.25, 0.3) is 10.4 Å². The maximum Gasteiger partial charge on any atom is 0.257 e. The zero-order valence-corrected chi connectivity index (χ0v) is 18.1. The van der Waals surface area contributed by atoms with Gasteiger partial charge in [0.2, 0.25) is 0 Å². The maximum absolute atomic E-state index is 13.3. The fourth-order valence-corrected chi connectivity index (χ4v) is 5.28.